The van der Waals surface area contributed by atoms with Crippen LogP contribution in [0.25, 0.3) is 5.70 Å². The molecule has 2 aromatic heterocycles. The predicted molar refractivity (Wildman–Crippen MR) is 104 cm³/mol. The van der Waals surface area contributed by atoms with Gasteiger partial charge in [0.05, 0.1) is 6.04 Å². The van der Waals surface area contributed by atoms with Crippen molar-refractivity contribution in [1.29, 1.82) is 0 Å². The summed E-state index contributed by atoms with van der Waals surface area (Å²) in [4.78, 5) is 11.0. The Morgan fingerprint density at radius 2 is 2.07 bits per heavy atom. The first-order chi connectivity index (χ1) is 13.2. The van der Waals surface area contributed by atoms with Crippen LogP contribution in [0.4, 0.5) is 8.78 Å². The molecule has 1 aliphatic carbocycles. The number of fused-ring (bicyclic) bond motifs is 1. The van der Waals surface area contributed by atoms with Crippen LogP contribution >= 0.6 is 11.6 Å². The quantitative estimate of drug-likeness (QED) is 0.653. The largest absolute Gasteiger partial charge is 0.470 e. The van der Waals surface area contributed by atoms with Crippen LogP contribution in [0.15, 0.2) is 30.1 Å². The SMILES string of the molecule is Cc1nccc2c1CN(C(C)c1cnc(OCC(C)(F)F)c(Cl)c1)C2=C1CC1. The molecule has 7 heteroatoms. The van der Waals surface area contributed by atoms with Gasteiger partial charge in [-0.2, -0.15) is 0 Å². The highest BCUT2D eigenvalue weighted by Crippen LogP contribution is 2.47. The number of hydrogen-bond donors (Lipinski definition) is 0. The first kappa shape index (κ1) is 19.1. The van der Waals surface area contributed by atoms with Gasteiger partial charge in [-0.15, -0.1) is 0 Å². The minimum atomic E-state index is -2.93. The summed E-state index contributed by atoms with van der Waals surface area (Å²) in [6, 6.07) is 3.87. The summed E-state index contributed by atoms with van der Waals surface area (Å²) in [5.41, 5.74) is 7.23. The van der Waals surface area contributed by atoms with Gasteiger partial charge in [0, 0.05) is 48.4 Å². The summed E-state index contributed by atoms with van der Waals surface area (Å²) >= 11 is 6.26. The molecule has 2 aliphatic rings. The first-order valence-electron chi connectivity index (χ1n) is 9.34. The lowest BCUT2D eigenvalue weighted by atomic mass is 10.1. The van der Waals surface area contributed by atoms with Crippen LogP contribution in [0.3, 0.4) is 0 Å². The number of allylic oxidation sites excluding steroid dienone is 1. The van der Waals surface area contributed by atoms with Crippen LogP contribution < -0.4 is 4.74 Å². The summed E-state index contributed by atoms with van der Waals surface area (Å²) in [6.45, 7) is 4.97. The highest BCUT2D eigenvalue weighted by Gasteiger charge is 2.34. The van der Waals surface area contributed by atoms with E-state index in [0.29, 0.717) is 0 Å². The number of ether oxygens (including phenoxy) is 1. The number of nitrogens with zero attached hydrogens (tertiary/aromatic N) is 3. The van der Waals surface area contributed by atoms with E-state index in [4.69, 9.17) is 16.3 Å². The fraction of sp³-hybridized carbons (Fsp3) is 0.429. The Balaban J connectivity index is 1.60. The second-order valence-electron chi connectivity index (χ2n) is 7.59. The Kier molecular flexibility index (Phi) is 4.78. The lowest BCUT2D eigenvalue weighted by Crippen LogP contribution is -2.22. The van der Waals surface area contributed by atoms with Gasteiger partial charge in [-0.3, -0.25) is 4.98 Å². The van der Waals surface area contributed by atoms with E-state index in [2.05, 4.69) is 27.9 Å². The lowest BCUT2D eigenvalue weighted by molar-refractivity contribution is -0.0242. The minimum Gasteiger partial charge on any atom is -0.470 e. The van der Waals surface area contributed by atoms with E-state index in [-0.39, 0.29) is 16.9 Å². The van der Waals surface area contributed by atoms with Gasteiger partial charge in [0.25, 0.3) is 5.92 Å². The van der Waals surface area contributed by atoms with Crippen molar-refractivity contribution in [2.45, 2.75) is 52.1 Å². The zero-order valence-corrected chi connectivity index (χ0v) is 16.9. The Hall–Kier alpha value is -2.21. The van der Waals surface area contributed by atoms with Gasteiger partial charge in [0.2, 0.25) is 5.88 Å². The molecular formula is C21H22ClF2N3O. The van der Waals surface area contributed by atoms with E-state index in [9.17, 15) is 8.78 Å². The average Bonchev–Trinajstić information content (AvgIpc) is 3.39. The van der Waals surface area contributed by atoms with Crippen molar-refractivity contribution in [2.24, 2.45) is 0 Å². The molecule has 4 nitrogen and oxygen atoms in total. The van der Waals surface area contributed by atoms with Crippen LogP contribution in [0.2, 0.25) is 5.02 Å². The van der Waals surface area contributed by atoms with Gasteiger partial charge >= 0.3 is 0 Å². The van der Waals surface area contributed by atoms with Gasteiger partial charge in [-0.1, -0.05) is 11.6 Å². The van der Waals surface area contributed by atoms with Crippen molar-refractivity contribution < 1.29 is 13.5 Å². The van der Waals surface area contributed by atoms with Crippen molar-refractivity contribution in [3.63, 3.8) is 0 Å². The summed E-state index contributed by atoms with van der Waals surface area (Å²) in [5, 5.41) is 0.240. The third kappa shape index (κ3) is 3.70. The summed E-state index contributed by atoms with van der Waals surface area (Å²) in [6.07, 6.45) is 5.76. The van der Waals surface area contributed by atoms with Crippen molar-refractivity contribution in [3.05, 3.63) is 57.5 Å². The molecule has 2 aromatic rings. The van der Waals surface area contributed by atoms with Gasteiger partial charge in [0.1, 0.15) is 5.02 Å². The monoisotopic (exact) mass is 405 g/mol. The van der Waals surface area contributed by atoms with Gasteiger partial charge in [0.15, 0.2) is 6.61 Å². The molecule has 1 aliphatic heterocycles. The van der Waals surface area contributed by atoms with Gasteiger partial charge in [-0.25, -0.2) is 13.8 Å². The molecular weight excluding hydrogens is 384 g/mol. The smallest absolute Gasteiger partial charge is 0.278 e. The third-order valence-corrected chi connectivity index (χ3v) is 5.49. The Morgan fingerprint density at radius 3 is 2.71 bits per heavy atom. The van der Waals surface area contributed by atoms with Crippen LogP contribution in [0, 0.1) is 6.92 Å². The molecule has 148 valence electrons. The summed E-state index contributed by atoms with van der Waals surface area (Å²) < 4.78 is 31.1. The zero-order valence-electron chi connectivity index (χ0n) is 16.1. The second kappa shape index (κ2) is 6.99. The van der Waals surface area contributed by atoms with Gasteiger partial charge < -0.3 is 9.64 Å². The molecule has 0 saturated heterocycles. The van der Waals surface area contributed by atoms with E-state index in [1.165, 1.54) is 22.4 Å². The number of aryl methyl sites for hydroxylation is 1. The lowest BCUT2D eigenvalue weighted by Gasteiger charge is -2.28. The predicted octanol–water partition coefficient (Wildman–Crippen LogP) is 5.55. The molecule has 1 fully saturated rings. The molecule has 0 N–H and O–H groups in total. The van der Waals surface area contributed by atoms with E-state index < -0.39 is 12.5 Å². The minimum absolute atomic E-state index is 0.0292. The molecule has 0 radical (unpaired) electrons. The van der Waals surface area contributed by atoms with E-state index in [1.807, 2.05) is 13.1 Å². The Labute approximate surface area is 168 Å². The van der Waals surface area contributed by atoms with Crippen molar-refractivity contribution in [3.8, 4) is 5.88 Å². The summed E-state index contributed by atoms with van der Waals surface area (Å²) in [7, 11) is 0. The number of hydrogen-bond acceptors (Lipinski definition) is 4. The summed E-state index contributed by atoms with van der Waals surface area (Å²) in [5.74, 6) is -2.90. The normalized spacial score (nSPS) is 17.0. The van der Waals surface area contributed by atoms with Crippen LogP contribution in [0.5, 0.6) is 5.88 Å². The van der Waals surface area contributed by atoms with Gasteiger partial charge in [-0.05, 0) is 50.0 Å². The molecule has 0 aromatic carbocycles. The standard InChI is InChI=1S/C21H22ClF2N3O/c1-12-17-10-27(19(14-4-5-14)16(17)6-7-25-12)13(2)15-8-18(22)20(26-9-15)28-11-21(3,23)24/h6-9,13H,4-5,10-11H2,1-3H3. The molecule has 0 amide bonds. The van der Waals surface area contributed by atoms with E-state index >= 15 is 0 Å². The molecule has 28 heavy (non-hydrogen) atoms. The maximum atomic E-state index is 13.0. The molecule has 1 atom stereocenters. The Bertz CT molecular complexity index is 949. The second-order valence-corrected chi connectivity index (χ2v) is 8.00. The van der Waals surface area contributed by atoms with Crippen LogP contribution in [0.1, 0.15) is 55.1 Å². The third-order valence-electron chi connectivity index (χ3n) is 5.22. The van der Waals surface area contributed by atoms with Crippen LogP contribution in [-0.4, -0.2) is 27.4 Å². The number of rotatable bonds is 5. The maximum absolute atomic E-state index is 13.0. The number of aromatic nitrogens is 2. The number of alkyl halides is 2. The molecule has 1 saturated carbocycles. The molecule has 1 unspecified atom stereocenters. The van der Waals surface area contributed by atoms with Crippen molar-refractivity contribution in [1.82, 2.24) is 14.9 Å². The van der Waals surface area contributed by atoms with E-state index in [1.54, 1.807) is 12.3 Å². The average molecular weight is 406 g/mol. The maximum Gasteiger partial charge on any atom is 0.278 e. The topological polar surface area (TPSA) is 38.2 Å². The van der Waals surface area contributed by atoms with Crippen molar-refractivity contribution >= 4 is 17.3 Å². The number of halogens is 3. The van der Waals surface area contributed by atoms with Crippen LogP contribution in [-0.2, 0) is 6.54 Å². The first-order valence-corrected chi connectivity index (χ1v) is 9.72. The zero-order chi connectivity index (χ0) is 20.1. The highest BCUT2D eigenvalue weighted by molar-refractivity contribution is 6.31. The molecule has 4 rings (SSSR count). The molecule has 3 heterocycles. The highest BCUT2D eigenvalue weighted by atomic mass is 35.5. The van der Waals surface area contributed by atoms with E-state index in [0.717, 1.165) is 37.6 Å². The number of pyridine rings is 2. The fourth-order valence-electron chi connectivity index (χ4n) is 3.60. The fourth-order valence-corrected chi connectivity index (χ4v) is 3.83. The molecule has 0 bridgehead atoms. The Morgan fingerprint density at radius 1 is 1.32 bits per heavy atom. The molecule has 0 spiro atoms. The van der Waals surface area contributed by atoms with Crippen molar-refractivity contribution in [2.75, 3.05) is 6.61 Å².